The third-order valence-corrected chi connectivity index (χ3v) is 5.73. The van der Waals surface area contributed by atoms with Crippen molar-refractivity contribution in [3.05, 3.63) is 0 Å². The molecule has 2 unspecified atom stereocenters. The molecule has 0 aromatic rings. The Balaban J connectivity index is 0.00000338. The first-order valence-corrected chi connectivity index (χ1v) is 9.70. The fourth-order valence-electron chi connectivity index (χ4n) is 3.43. The Bertz CT molecular complexity index is 466. The number of halogens is 1. The molecule has 6 nitrogen and oxygen atoms in total. The summed E-state index contributed by atoms with van der Waals surface area (Å²) in [4.78, 5) is 18.1. The molecule has 0 heterocycles. The Morgan fingerprint density at radius 3 is 2.54 bits per heavy atom. The molecule has 152 valence electrons. The van der Waals surface area contributed by atoms with Crippen LogP contribution < -0.4 is 10.6 Å². The van der Waals surface area contributed by atoms with Crippen molar-refractivity contribution in [3.63, 3.8) is 0 Å². The number of hydrogen-bond acceptors (Lipinski definition) is 3. The van der Waals surface area contributed by atoms with E-state index in [-0.39, 0.29) is 36.4 Å². The number of carbonyl (C=O) groups is 1. The van der Waals surface area contributed by atoms with Crippen LogP contribution >= 0.6 is 24.0 Å². The number of methoxy groups -OCH3 is 1. The van der Waals surface area contributed by atoms with Gasteiger partial charge in [0.25, 0.3) is 0 Å². The number of carbonyl (C=O) groups excluding carboxylic acids is 1. The quantitative estimate of drug-likeness (QED) is 0.319. The van der Waals surface area contributed by atoms with Gasteiger partial charge in [-0.25, -0.2) is 4.99 Å². The van der Waals surface area contributed by atoms with E-state index in [9.17, 15) is 4.79 Å². The first-order chi connectivity index (χ1) is 12.0. The van der Waals surface area contributed by atoms with Crippen LogP contribution in [0.5, 0.6) is 0 Å². The average Bonchev–Trinajstić information content (AvgIpc) is 3.37. The largest absolute Gasteiger partial charge is 0.385 e. The van der Waals surface area contributed by atoms with E-state index in [1.165, 1.54) is 38.5 Å². The Labute approximate surface area is 175 Å². The SMILES string of the molecule is COCCC1(CNC(=NCC(=O)N(C)C)NC2CCCCC2C)CC1.I. The third kappa shape index (κ3) is 7.58. The maximum atomic E-state index is 11.9. The lowest BCUT2D eigenvalue weighted by Gasteiger charge is -2.31. The van der Waals surface area contributed by atoms with Crippen molar-refractivity contribution < 1.29 is 9.53 Å². The Morgan fingerprint density at radius 1 is 1.27 bits per heavy atom. The van der Waals surface area contributed by atoms with Crippen LogP contribution in [0.25, 0.3) is 0 Å². The van der Waals surface area contributed by atoms with Crippen molar-refractivity contribution in [1.29, 1.82) is 0 Å². The highest BCUT2D eigenvalue weighted by Crippen LogP contribution is 2.48. The van der Waals surface area contributed by atoms with Gasteiger partial charge in [-0.3, -0.25) is 4.79 Å². The standard InChI is InChI=1S/C19H36N4O2.HI/c1-15-7-5-6-8-16(15)22-18(20-13-17(24)23(2)3)21-14-19(9-10-19)11-12-25-4;/h15-16H,5-14H2,1-4H3,(H2,20,21,22);1H. The van der Waals surface area contributed by atoms with E-state index in [2.05, 4.69) is 22.5 Å². The van der Waals surface area contributed by atoms with Gasteiger partial charge in [-0.15, -0.1) is 24.0 Å². The van der Waals surface area contributed by atoms with E-state index in [1.54, 1.807) is 26.1 Å². The second-order valence-electron chi connectivity index (χ2n) is 8.06. The van der Waals surface area contributed by atoms with Gasteiger partial charge in [-0.05, 0) is 43.4 Å². The van der Waals surface area contributed by atoms with Crippen molar-refractivity contribution in [2.45, 2.75) is 57.9 Å². The summed E-state index contributed by atoms with van der Waals surface area (Å²) in [5, 5.41) is 7.10. The second kappa shape index (κ2) is 11.3. The predicted molar refractivity (Wildman–Crippen MR) is 117 cm³/mol. The van der Waals surface area contributed by atoms with Gasteiger partial charge < -0.3 is 20.3 Å². The van der Waals surface area contributed by atoms with Crippen molar-refractivity contribution in [3.8, 4) is 0 Å². The summed E-state index contributed by atoms with van der Waals surface area (Å²) < 4.78 is 5.24. The van der Waals surface area contributed by atoms with Crippen LogP contribution in [0.15, 0.2) is 4.99 Å². The molecule has 0 aromatic carbocycles. The van der Waals surface area contributed by atoms with Gasteiger partial charge in [0.1, 0.15) is 6.54 Å². The molecular formula is C19H37IN4O2. The number of nitrogens with zero attached hydrogens (tertiary/aromatic N) is 2. The summed E-state index contributed by atoms with van der Waals surface area (Å²) in [6.07, 6.45) is 8.60. The van der Waals surface area contributed by atoms with E-state index in [4.69, 9.17) is 4.74 Å². The second-order valence-corrected chi connectivity index (χ2v) is 8.06. The van der Waals surface area contributed by atoms with E-state index < -0.39 is 0 Å². The maximum absolute atomic E-state index is 11.9. The number of nitrogens with one attached hydrogen (secondary N) is 2. The highest BCUT2D eigenvalue weighted by molar-refractivity contribution is 14.0. The zero-order chi connectivity index (χ0) is 18.3. The Kier molecular flexibility index (Phi) is 10.2. The van der Waals surface area contributed by atoms with E-state index in [0.717, 1.165) is 25.5 Å². The summed E-state index contributed by atoms with van der Waals surface area (Å²) in [7, 11) is 5.30. The molecule has 2 N–H and O–H groups in total. The number of aliphatic imine (C=N–C) groups is 1. The molecule has 0 aromatic heterocycles. The van der Waals surface area contributed by atoms with Gasteiger partial charge in [0.15, 0.2) is 5.96 Å². The molecule has 0 spiro atoms. The maximum Gasteiger partial charge on any atom is 0.243 e. The number of ether oxygens (including phenoxy) is 1. The zero-order valence-electron chi connectivity index (χ0n) is 16.8. The molecule has 2 rings (SSSR count). The van der Waals surface area contributed by atoms with Crippen LogP contribution in [0.2, 0.25) is 0 Å². The van der Waals surface area contributed by atoms with Gasteiger partial charge in [-0.2, -0.15) is 0 Å². The van der Waals surface area contributed by atoms with Gasteiger partial charge in [0.05, 0.1) is 0 Å². The predicted octanol–water partition coefficient (Wildman–Crippen LogP) is 2.62. The monoisotopic (exact) mass is 480 g/mol. The highest BCUT2D eigenvalue weighted by atomic mass is 127. The van der Waals surface area contributed by atoms with Crippen molar-refractivity contribution in [2.24, 2.45) is 16.3 Å². The summed E-state index contributed by atoms with van der Waals surface area (Å²) >= 11 is 0. The molecule has 0 aliphatic heterocycles. The molecular weight excluding hydrogens is 443 g/mol. The van der Waals surface area contributed by atoms with Crippen molar-refractivity contribution >= 4 is 35.8 Å². The summed E-state index contributed by atoms with van der Waals surface area (Å²) in [5.41, 5.74) is 0.349. The van der Waals surface area contributed by atoms with Crippen molar-refractivity contribution in [1.82, 2.24) is 15.5 Å². The number of hydrogen-bond donors (Lipinski definition) is 2. The van der Waals surface area contributed by atoms with Gasteiger partial charge in [-0.1, -0.05) is 19.8 Å². The topological polar surface area (TPSA) is 66.0 Å². The fraction of sp³-hybridized carbons (Fsp3) is 0.895. The first kappa shape index (κ1) is 23.5. The smallest absolute Gasteiger partial charge is 0.243 e. The van der Waals surface area contributed by atoms with Gasteiger partial charge in [0, 0.05) is 40.4 Å². The van der Waals surface area contributed by atoms with E-state index in [1.807, 2.05) is 0 Å². The van der Waals surface area contributed by atoms with Crippen LogP contribution in [-0.2, 0) is 9.53 Å². The van der Waals surface area contributed by atoms with E-state index in [0.29, 0.717) is 17.4 Å². The average molecular weight is 480 g/mol. The highest BCUT2D eigenvalue weighted by Gasteiger charge is 2.42. The molecule has 26 heavy (non-hydrogen) atoms. The molecule has 7 heteroatoms. The van der Waals surface area contributed by atoms with Crippen LogP contribution in [0.1, 0.15) is 51.9 Å². The molecule has 2 saturated carbocycles. The third-order valence-electron chi connectivity index (χ3n) is 5.73. The molecule has 2 aliphatic carbocycles. The van der Waals surface area contributed by atoms with Crippen LogP contribution in [-0.4, -0.2) is 63.7 Å². The molecule has 0 bridgehead atoms. The van der Waals surface area contributed by atoms with E-state index >= 15 is 0 Å². The van der Waals surface area contributed by atoms with Gasteiger partial charge >= 0.3 is 0 Å². The van der Waals surface area contributed by atoms with Gasteiger partial charge in [0.2, 0.25) is 5.91 Å². The molecule has 2 aliphatic rings. The van der Waals surface area contributed by atoms with Crippen LogP contribution in [0.3, 0.4) is 0 Å². The molecule has 2 atom stereocenters. The Hall–Kier alpha value is -0.570. The van der Waals surface area contributed by atoms with Crippen molar-refractivity contribution in [2.75, 3.05) is 40.9 Å². The number of amides is 1. The zero-order valence-corrected chi connectivity index (χ0v) is 19.2. The minimum Gasteiger partial charge on any atom is -0.385 e. The molecule has 0 radical (unpaired) electrons. The number of likely N-dealkylation sites (N-methyl/N-ethyl adjacent to an activating group) is 1. The molecule has 0 saturated heterocycles. The number of rotatable bonds is 8. The first-order valence-electron chi connectivity index (χ1n) is 9.70. The lowest BCUT2D eigenvalue weighted by atomic mass is 9.86. The lowest BCUT2D eigenvalue weighted by molar-refractivity contribution is -0.127. The van der Waals surface area contributed by atoms with Crippen LogP contribution in [0, 0.1) is 11.3 Å². The molecule has 1 amide bonds. The lowest BCUT2D eigenvalue weighted by Crippen LogP contribution is -2.48. The minimum absolute atomic E-state index is 0. The number of guanidine groups is 1. The fourth-order valence-corrected chi connectivity index (χ4v) is 3.43. The summed E-state index contributed by atoms with van der Waals surface area (Å²) in [6.45, 7) is 4.20. The normalized spacial score (nSPS) is 24.4. The van der Waals surface area contributed by atoms with Crippen LogP contribution in [0.4, 0.5) is 0 Å². The summed E-state index contributed by atoms with van der Waals surface area (Å²) in [5.74, 6) is 1.46. The Morgan fingerprint density at radius 2 is 1.96 bits per heavy atom. The summed E-state index contributed by atoms with van der Waals surface area (Å²) in [6, 6.07) is 0.448. The molecule has 2 fully saturated rings. The minimum atomic E-state index is 0.